The van der Waals surface area contributed by atoms with E-state index in [2.05, 4.69) is 10.2 Å². The fourth-order valence-electron chi connectivity index (χ4n) is 1.49. The highest BCUT2D eigenvalue weighted by Crippen LogP contribution is 2.40. The second kappa shape index (κ2) is 6.50. The predicted molar refractivity (Wildman–Crippen MR) is 85.6 cm³/mol. The molecule has 1 aromatic carbocycles. The number of hydrogen-bond acceptors (Lipinski definition) is 8. The standard InChI is InChI=1S/C12H13ClN4O2S2/c1-17(2)11-15-16-12(21-11)20-9-7(10(18)19-3)4-6(14)5-8(9)13/h4-5H,14H2,1-3H3. The zero-order valence-electron chi connectivity index (χ0n) is 11.6. The van der Waals surface area contributed by atoms with E-state index >= 15 is 0 Å². The second-order valence-corrected chi connectivity index (χ2v) is 6.84. The fourth-order valence-corrected chi connectivity index (χ4v) is 3.64. The summed E-state index contributed by atoms with van der Waals surface area (Å²) in [5, 5.41) is 9.26. The highest BCUT2D eigenvalue weighted by Gasteiger charge is 2.19. The molecule has 9 heteroatoms. The van der Waals surface area contributed by atoms with Crippen LogP contribution in [0.25, 0.3) is 0 Å². The van der Waals surface area contributed by atoms with Gasteiger partial charge in [0.05, 0.1) is 17.7 Å². The molecule has 0 atom stereocenters. The lowest BCUT2D eigenvalue weighted by Crippen LogP contribution is -2.07. The molecule has 2 aromatic rings. The van der Waals surface area contributed by atoms with E-state index in [1.54, 1.807) is 6.07 Å². The third kappa shape index (κ3) is 3.58. The van der Waals surface area contributed by atoms with Gasteiger partial charge in [-0.25, -0.2) is 4.79 Å². The van der Waals surface area contributed by atoms with Crippen molar-refractivity contribution >= 4 is 51.5 Å². The van der Waals surface area contributed by atoms with Crippen LogP contribution in [0.3, 0.4) is 0 Å². The van der Waals surface area contributed by atoms with E-state index in [0.717, 1.165) is 5.13 Å². The van der Waals surface area contributed by atoms with Gasteiger partial charge in [-0.05, 0) is 12.1 Å². The van der Waals surface area contributed by atoms with Gasteiger partial charge in [0.1, 0.15) is 0 Å². The van der Waals surface area contributed by atoms with Crippen molar-refractivity contribution in [3.05, 3.63) is 22.7 Å². The van der Waals surface area contributed by atoms with Gasteiger partial charge in [-0.3, -0.25) is 0 Å². The molecule has 0 aliphatic heterocycles. The summed E-state index contributed by atoms with van der Waals surface area (Å²) in [5.74, 6) is -0.496. The van der Waals surface area contributed by atoms with Crippen molar-refractivity contribution in [3.63, 3.8) is 0 Å². The summed E-state index contributed by atoms with van der Waals surface area (Å²) in [4.78, 5) is 14.3. The number of hydrogen-bond donors (Lipinski definition) is 1. The number of carbonyl (C=O) groups is 1. The number of halogens is 1. The number of methoxy groups -OCH3 is 1. The number of ether oxygens (including phenoxy) is 1. The molecule has 2 rings (SSSR count). The third-order valence-corrected chi connectivity index (χ3v) is 5.13. The van der Waals surface area contributed by atoms with Crippen molar-refractivity contribution in [2.24, 2.45) is 0 Å². The van der Waals surface area contributed by atoms with E-state index in [1.165, 1.54) is 36.3 Å². The number of nitrogens with two attached hydrogens (primary N) is 1. The average Bonchev–Trinajstić information content (AvgIpc) is 2.89. The molecule has 112 valence electrons. The summed E-state index contributed by atoms with van der Waals surface area (Å²) in [7, 11) is 5.07. The first-order valence-electron chi connectivity index (χ1n) is 5.78. The quantitative estimate of drug-likeness (QED) is 0.674. The molecule has 0 saturated heterocycles. The molecule has 2 N–H and O–H groups in total. The normalized spacial score (nSPS) is 10.5. The summed E-state index contributed by atoms with van der Waals surface area (Å²) < 4.78 is 5.44. The van der Waals surface area contributed by atoms with Gasteiger partial charge in [0.2, 0.25) is 5.13 Å². The summed E-state index contributed by atoms with van der Waals surface area (Å²) in [6.07, 6.45) is 0. The molecule has 0 bridgehead atoms. The maximum absolute atomic E-state index is 11.9. The topological polar surface area (TPSA) is 81.3 Å². The Balaban J connectivity index is 2.40. The minimum Gasteiger partial charge on any atom is -0.465 e. The number of nitrogen functional groups attached to an aromatic ring is 1. The molecule has 0 amide bonds. The van der Waals surface area contributed by atoms with Gasteiger partial charge in [0.25, 0.3) is 0 Å². The zero-order chi connectivity index (χ0) is 15.6. The largest absolute Gasteiger partial charge is 0.465 e. The van der Waals surface area contributed by atoms with Gasteiger partial charge in [-0.2, -0.15) is 0 Å². The van der Waals surface area contributed by atoms with Crippen LogP contribution in [-0.4, -0.2) is 37.4 Å². The van der Waals surface area contributed by atoms with Crippen LogP contribution in [-0.2, 0) is 4.74 Å². The number of nitrogens with zero attached hydrogens (tertiary/aromatic N) is 3. The molecule has 0 aliphatic rings. The van der Waals surface area contributed by atoms with Crippen LogP contribution >= 0.6 is 34.7 Å². The van der Waals surface area contributed by atoms with Crippen molar-refractivity contribution in [1.82, 2.24) is 10.2 Å². The molecule has 0 unspecified atom stereocenters. The van der Waals surface area contributed by atoms with Gasteiger partial charge in [0, 0.05) is 24.7 Å². The molecule has 1 aromatic heterocycles. The van der Waals surface area contributed by atoms with Crippen molar-refractivity contribution in [1.29, 1.82) is 0 Å². The Labute approximate surface area is 135 Å². The number of aromatic nitrogens is 2. The van der Waals surface area contributed by atoms with E-state index in [9.17, 15) is 4.79 Å². The second-order valence-electron chi connectivity index (χ2n) is 4.22. The minimum absolute atomic E-state index is 0.314. The van der Waals surface area contributed by atoms with E-state index in [1.807, 2.05) is 19.0 Å². The number of carbonyl (C=O) groups excluding carboxylic acids is 1. The predicted octanol–water partition coefficient (Wildman–Crippen LogP) is 2.78. The van der Waals surface area contributed by atoms with Crippen LogP contribution in [0.2, 0.25) is 5.02 Å². The van der Waals surface area contributed by atoms with Crippen LogP contribution in [0.15, 0.2) is 21.4 Å². The molecular weight excluding hydrogens is 332 g/mol. The lowest BCUT2D eigenvalue weighted by atomic mass is 10.2. The molecule has 0 spiro atoms. The van der Waals surface area contributed by atoms with E-state index in [0.29, 0.717) is 25.5 Å². The Morgan fingerprint density at radius 1 is 1.43 bits per heavy atom. The molecule has 0 radical (unpaired) electrons. The fraction of sp³-hybridized carbons (Fsp3) is 0.250. The Kier molecular flexibility index (Phi) is 4.92. The highest BCUT2D eigenvalue weighted by molar-refractivity contribution is 8.01. The molecule has 6 nitrogen and oxygen atoms in total. The Bertz CT molecular complexity index is 675. The van der Waals surface area contributed by atoms with Crippen LogP contribution in [0, 0.1) is 0 Å². The van der Waals surface area contributed by atoms with Crippen molar-refractivity contribution in [3.8, 4) is 0 Å². The lowest BCUT2D eigenvalue weighted by Gasteiger charge is -2.09. The van der Waals surface area contributed by atoms with E-state index < -0.39 is 5.97 Å². The minimum atomic E-state index is -0.496. The van der Waals surface area contributed by atoms with Gasteiger partial charge < -0.3 is 15.4 Å². The Hall–Kier alpha value is -1.51. The first-order chi connectivity index (χ1) is 9.92. The molecule has 0 fully saturated rings. The van der Waals surface area contributed by atoms with Crippen LogP contribution in [0.1, 0.15) is 10.4 Å². The number of esters is 1. The molecule has 0 aliphatic carbocycles. The average molecular weight is 345 g/mol. The summed E-state index contributed by atoms with van der Waals surface area (Å²) >= 11 is 8.86. The lowest BCUT2D eigenvalue weighted by molar-refractivity contribution is 0.0597. The van der Waals surface area contributed by atoms with Gasteiger partial charge >= 0.3 is 5.97 Å². The van der Waals surface area contributed by atoms with Crippen molar-refractivity contribution in [2.45, 2.75) is 9.24 Å². The van der Waals surface area contributed by atoms with E-state index in [4.69, 9.17) is 22.1 Å². The summed E-state index contributed by atoms with van der Waals surface area (Å²) in [6, 6.07) is 3.12. The van der Waals surface area contributed by atoms with Crippen LogP contribution in [0.5, 0.6) is 0 Å². The van der Waals surface area contributed by atoms with Crippen molar-refractivity contribution < 1.29 is 9.53 Å². The Morgan fingerprint density at radius 3 is 2.71 bits per heavy atom. The molecule has 0 saturated carbocycles. The smallest absolute Gasteiger partial charge is 0.339 e. The van der Waals surface area contributed by atoms with Gasteiger partial charge in [0.15, 0.2) is 4.34 Å². The zero-order valence-corrected chi connectivity index (χ0v) is 14.0. The van der Waals surface area contributed by atoms with E-state index in [-0.39, 0.29) is 0 Å². The SMILES string of the molecule is COC(=O)c1cc(N)cc(Cl)c1Sc1nnc(N(C)C)s1. The highest BCUT2D eigenvalue weighted by atomic mass is 35.5. The van der Waals surface area contributed by atoms with Crippen LogP contribution < -0.4 is 10.6 Å². The van der Waals surface area contributed by atoms with Gasteiger partial charge in [-0.15, -0.1) is 10.2 Å². The summed E-state index contributed by atoms with van der Waals surface area (Å²) in [5.41, 5.74) is 6.44. The first-order valence-corrected chi connectivity index (χ1v) is 7.79. The maximum Gasteiger partial charge on any atom is 0.339 e. The number of anilines is 2. The van der Waals surface area contributed by atoms with Gasteiger partial charge in [-0.1, -0.05) is 34.7 Å². The van der Waals surface area contributed by atoms with Crippen LogP contribution in [0.4, 0.5) is 10.8 Å². The molecule has 1 heterocycles. The Morgan fingerprint density at radius 2 is 2.14 bits per heavy atom. The number of benzene rings is 1. The first kappa shape index (κ1) is 15.9. The summed E-state index contributed by atoms with van der Waals surface area (Å²) in [6.45, 7) is 0. The number of rotatable bonds is 4. The molecular formula is C12H13ClN4O2S2. The third-order valence-electron chi connectivity index (χ3n) is 2.44. The molecule has 21 heavy (non-hydrogen) atoms. The monoisotopic (exact) mass is 344 g/mol. The van der Waals surface area contributed by atoms with Crippen molar-refractivity contribution in [2.75, 3.05) is 31.8 Å². The maximum atomic E-state index is 11.9.